The maximum Gasteiger partial charge on any atom is 0.250 e. The SMILES string of the molecule is COCC(=O)Nc1ccc(S(=O)(=O)N[C@@H]2CCS(=O)(=O)C2)cc1. The molecule has 1 saturated heterocycles. The molecule has 2 N–H and O–H groups in total. The van der Waals surface area contributed by atoms with E-state index in [9.17, 15) is 21.6 Å². The van der Waals surface area contributed by atoms with Crippen LogP contribution >= 0.6 is 0 Å². The maximum atomic E-state index is 12.2. The molecule has 8 nitrogen and oxygen atoms in total. The topological polar surface area (TPSA) is 119 Å². The number of hydrogen-bond donors (Lipinski definition) is 2. The standard InChI is InChI=1S/C13H18N2O6S2/c1-21-8-13(16)14-10-2-4-12(5-3-10)23(19,20)15-11-6-7-22(17,18)9-11/h2-5,11,15H,6-9H2,1H3,(H,14,16)/t11-/m1/s1. The molecule has 0 aromatic heterocycles. The van der Waals surface area contributed by atoms with Gasteiger partial charge in [0.05, 0.1) is 16.4 Å². The highest BCUT2D eigenvalue weighted by atomic mass is 32.2. The molecule has 0 bridgehead atoms. The van der Waals surface area contributed by atoms with Crippen LogP contribution in [0.15, 0.2) is 29.2 Å². The summed E-state index contributed by atoms with van der Waals surface area (Å²) in [6.07, 6.45) is 0.271. The van der Waals surface area contributed by atoms with Crippen molar-refractivity contribution in [1.82, 2.24) is 4.72 Å². The van der Waals surface area contributed by atoms with Gasteiger partial charge in [0.25, 0.3) is 0 Å². The number of sulfone groups is 1. The summed E-state index contributed by atoms with van der Waals surface area (Å²) in [6.45, 7) is -0.0994. The van der Waals surface area contributed by atoms with Crippen LogP contribution in [0.4, 0.5) is 5.69 Å². The van der Waals surface area contributed by atoms with Gasteiger partial charge < -0.3 is 10.1 Å². The van der Waals surface area contributed by atoms with E-state index >= 15 is 0 Å². The fourth-order valence-electron chi connectivity index (χ4n) is 2.22. The molecule has 0 saturated carbocycles. The molecule has 0 unspecified atom stereocenters. The number of rotatable bonds is 6. The quantitative estimate of drug-likeness (QED) is 0.719. The van der Waals surface area contributed by atoms with E-state index in [4.69, 9.17) is 0 Å². The van der Waals surface area contributed by atoms with Gasteiger partial charge in [0.15, 0.2) is 9.84 Å². The molecule has 1 aromatic rings. The molecule has 0 spiro atoms. The van der Waals surface area contributed by atoms with E-state index < -0.39 is 25.9 Å². The molecule has 2 rings (SSSR count). The number of carbonyl (C=O) groups excluding carboxylic acids is 1. The largest absolute Gasteiger partial charge is 0.375 e. The van der Waals surface area contributed by atoms with Crippen LogP contribution in [0.25, 0.3) is 0 Å². The Kier molecular flexibility index (Phi) is 5.40. The van der Waals surface area contributed by atoms with E-state index in [-0.39, 0.29) is 35.3 Å². The lowest BCUT2D eigenvalue weighted by Crippen LogP contribution is -2.35. The van der Waals surface area contributed by atoms with Gasteiger partial charge in [-0.3, -0.25) is 4.79 Å². The van der Waals surface area contributed by atoms with Crippen molar-refractivity contribution in [2.45, 2.75) is 17.4 Å². The molecule has 1 amide bonds. The molecular weight excluding hydrogens is 344 g/mol. The minimum absolute atomic E-state index is 0.00605. The fourth-order valence-corrected chi connectivity index (χ4v) is 5.27. The zero-order valence-electron chi connectivity index (χ0n) is 12.5. The van der Waals surface area contributed by atoms with E-state index in [2.05, 4.69) is 14.8 Å². The lowest BCUT2D eigenvalue weighted by molar-refractivity contribution is -0.119. The van der Waals surface area contributed by atoms with Crippen molar-refractivity contribution < 1.29 is 26.4 Å². The molecule has 1 atom stereocenters. The number of ether oxygens (including phenoxy) is 1. The average molecular weight is 362 g/mol. The monoisotopic (exact) mass is 362 g/mol. The first kappa shape index (κ1) is 17.9. The molecule has 128 valence electrons. The Morgan fingerprint density at radius 3 is 2.48 bits per heavy atom. The predicted molar refractivity (Wildman–Crippen MR) is 84.3 cm³/mol. The molecule has 0 radical (unpaired) electrons. The van der Waals surface area contributed by atoms with Crippen molar-refractivity contribution in [2.75, 3.05) is 30.5 Å². The molecule has 1 aliphatic heterocycles. The van der Waals surface area contributed by atoms with E-state index in [0.29, 0.717) is 5.69 Å². The summed E-state index contributed by atoms with van der Waals surface area (Å²) >= 11 is 0. The van der Waals surface area contributed by atoms with Gasteiger partial charge in [-0.15, -0.1) is 0 Å². The van der Waals surface area contributed by atoms with Gasteiger partial charge in [-0.05, 0) is 30.7 Å². The summed E-state index contributed by atoms with van der Waals surface area (Å²) < 4.78 is 54.3. The predicted octanol–water partition coefficient (Wildman–Crippen LogP) is -0.263. The summed E-state index contributed by atoms with van der Waals surface area (Å²) in [4.78, 5) is 11.4. The second-order valence-electron chi connectivity index (χ2n) is 5.23. The fraction of sp³-hybridized carbons (Fsp3) is 0.462. The van der Waals surface area contributed by atoms with E-state index in [0.717, 1.165) is 0 Å². The van der Waals surface area contributed by atoms with E-state index in [1.807, 2.05) is 0 Å². The Morgan fingerprint density at radius 1 is 1.30 bits per heavy atom. The molecule has 23 heavy (non-hydrogen) atoms. The lowest BCUT2D eigenvalue weighted by atomic mass is 10.3. The van der Waals surface area contributed by atoms with Crippen molar-refractivity contribution in [3.8, 4) is 0 Å². The van der Waals surface area contributed by atoms with Crippen LogP contribution in [0.1, 0.15) is 6.42 Å². The van der Waals surface area contributed by atoms with Crippen molar-refractivity contribution in [1.29, 1.82) is 0 Å². The Morgan fingerprint density at radius 2 is 1.96 bits per heavy atom. The number of amides is 1. The van der Waals surface area contributed by atoms with Crippen LogP contribution in [-0.4, -0.2) is 54.0 Å². The van der Waals surface area contributed by atoms with Crippen LogP contribution in [0.2, 0.25) is 0 Å². The van der Waals surface area contributed by atoms with Crippen molar-refractivity contribution in [2.24, 2.45) is 0 Å². The normalized spacial score (nSPS) is 20.3. The number of sulfonamides is 1. The average Bonchev–Trinajstić information content (AvgIpc) is 2.78. The van der Waals surface area contributed by atoms with E-state index in [1.54, 1.807) is 0 Å². The lowest BCUT2D eigenvalue weighted by Gasteiger charge is -2.12. The van der Waals surface area contributed by atoms with Gasteiger partial charge >= 0.3 is 0 Å². The van der Waals surface area contributed by atoms with Crippen LogP contribution in [0.5, 0.6) is 0 Å². The summed E-state index contributed by atoms with van der Waals surface area (Å²) in [5, 5.41) is 2.55. The molecule has 0 aliphatic carbocycles. The third kappa shape index (κ3) is 4.99. The first-order chi connectivity index (χ1) is 10.7. The van der Waals surface area contributed by atoms with Crippen molar-refractivity contribution in [3.05, 3.63) is 24.3 Å². The van der Waals surface area contributed by atoms with Crippen LogP contribution < -0.4 is 10.0 Å². The molecule has 1 fully saturated rings. The molecule has 10 heteroatoms. The van der Waals surface area contributed by atoms with Gasteiger partial charge in [0.2, 0.25) is 15.9 Å². The second kappa shape index (κ2) is 6.95. The first-order valence-electron chi connectivity index (χ1n) is 6.83. The molecular formula is C13H18N2O6S2. The third-order valence-corrected chi connectivity index (χ3v) is 6.58. The number of anilines is 1. The summed E-state index contributed by atoms with van der Waals surface area (Å²) in [5.74, 6) is -0.542. The minimum Gasteiger partial charge on any atom is -0.375 e. The smallest absolute Gasteiger partial charge is 0.250 e. The Labute approximate surface area is 135 Å². The summed E-state index contributed by atoms with van der Waals surface area (Å²) in [6, 6.07) is 4.98. The van der Waals surface area contributed by atoms with Gasteiger partial charge in [-0.1, -0.05) is 0 Å². The summed E-state index contributed by atoms with van der Waals surface area (Å²) in [5.41, 5.74) is 0.439. The first-order valence-corrected chi connectivity index (χ1v) is 10.1. The number of nitrogens with one attached hydrogen (secondary N) is 2. The maximum absolute atomic E-state index is 12.2. The van der Waals surface area contributed by atoms with Crippen molar-refractivity contribution in [3.63, 3.8) is 0 Å². The van der Waals surface area contributed by atoms with Crippen LogP contribution in [0.3, 0.4) is 0 Å². The van der Waals surface area contributed by atoms with Gasteiger partial charge in [0, 0.05) is 18.8 Å². The van der Waals surface area contributed by atoms with Crippen LogP contribution in [-0.2, 0) is 29.4 Å². The molecule has 1 aromatic carbocycles. The third-order valence-electron chi connectivity index (χ3n) is 3.28. The molecule has 1 heterocycles. The molecule has 1 aliphatic rings. The Hall–Kier alpha value is -1.49. The minimum atomic E-state index is -3.80. The number of methoxy groups -OCH3 is 1. The highest BCUT2D eigenvalue weighted by Crippen LogP contribution is 2.17. The van der Waals surface area contributed by atoms with Gasteiger partial charge in [-0.25, -0.2) is 21.6 Å². The van der Waals surface area contributed by atoms with Crippen LogP contribution in [0, 0.1) is 0 Å². The van der Waals surface area contributed by atoms with Crippen molar-refractivity contribution >= 4 is 31.5 Å². The zero-order valence-corrected chi connectivity index (χ0v) is 14.1. The highest BCUT2D eigenvalue weighted by molar-refractivity contribution is 7.92. The number of benzene rings is 1. The summed E-state index contributed by atoms with van der Waals surface area (Å²) in [7, 11) is -5.57. The van der Waals surface area contributed by atoms with Gasteiger partial charge in [0.1, 0.15) is 6.61 Å². The Bertz CT molecular complexity index is 771. The zero-order chi connectivity index (χ0) is 17.1. The second-order valence-corrected chi connectivity index (χ2v) is 9.17. The van der Waals surface area contributed by atoms with Gasteiger partial charge in [-0.2, -0.15) is 0 Å². The number of hydrogen-bond acceptors (Lipinski definition) is 6. The van der Waals surface area contributed by atoms with E-state index in [1.165, 1.54) is 31.4 Å². The number of carbonyl (C=O) groups is 1. The Balaban J connectivity index is 2.04. The highest BCUT2D eigenvalue weighted by Gasteiger charge is 2.31.